The molecule has 0 spiro atoms. The van der Waals surface area contributed by atoms with Crippen LogP contribution < -0.4 is 5.32 Å². The van der Waals surface area contributed by atoms with Gasteiger partial charge in [0.1, 0.15) is 0 Å². The third-order valence-electron chi connectivity index (χ3n) is 3.55. The molecule has 2 rings (SSSR count). The lowest BCUT2D eigenvalue weighted by atomic mass is 9.97. The molecule has 0 aliphatic rings. The van der Waals surface area contributed by atoms with Crippen LogP contribution in [0.25, 0.3) is 0 Å². The van der Waals surface area contributed by atoms with Crippen LogP contribution in [0.4, 0.5) is 17.6 Å². The smallest absolute Gasteiger partial charge is 0.348 e. The van der Waals surface area contributed by atoms with E-state index in [1.165, 1.54) is 30.3 Å². The largest absolute Gasteiger partial charge is 0.417 e. The number of carbonyl (C=O) groups is 1. The minimum Gasteiger partial charge on any atom is -0.348 e. The fourth-order valence-corrected chi connectivity index (χ4v) is 2.88. The summed E-state index contributed by atoms with van der Waals surface area (Å²) in [5.41, 5.74) is -3.68. The number of halogens is 6. The van der Waals surface area contributed by atoms with E-state index in [-0.39, 0.29) is 10.6 Å². The molecular formula is C17H13Cl2F4NO. The number of nitrogens with one attached hydrogen (secondary N) is 1. The molecule has 25 heavy (non-hydrogen) atoms. The Hall–Kier alpha value is -1.79. The van der Waals surface area contributed by atoms with Crippen molar-refractivity contribution in [2.24, 2.45) is 0 Å². The third-order valence-corrected chi connectivity index (χ3v) is 4.10. The number of hydrogen-bond acceptors (Lipinski definition) is 1. The van der Waals surface area contributed by atoms with Crippen molar-refractivity contribution in [1.82, 2.24) is 5.32 Å². The van der Waals surface area contributed by atoms with E-state index in [2.05, 4.69) is 5.32 Å². The van der Waals surface area contributed by atoms with Crippen LogP contribution >= 0.6 is 23.2 Å². The summed E-state index contributed by atoms with van der Waals surface area (Å²) in [6.07, 6.45) is -4.69. The lowest BCUT2D eigenvalue weighted by Crippen LogP contribution is -2.36. The molecule has 134 valence electrons. The van der Waals surface area contributed by atoms with Crippen molar-refractivity contribution in [2.45, 2.75) is 18.8 Å². The molecule has 1 unspecified atom stereocenters. The topological polar surface area (TPSA) is 29.1 Å². The summed E-state index contributed by atoms with van der Waals surface area (Å²) in [5, 5.41) is 2.56. The summed E-state index contributed by atoms with van der Waals surface area (Å²) in [4.78, 5) is 12.1. The Morgan fingerprint density at radius 1 is 1.04 bits per heavy atom. The van der Waals surface area contributed by atoms with Gasteiger partial charge in [-0.1, -0.05) is 41.4 Å². The van der Waals surface area contributed by atoms with E-state index in [9.17, 15) is 22.4 Å². The minimum atomic E-state index is -4.69. The van der Waals surface area contributed by atoms with Gasteiger partial charge in [0.15, 0.2) is 5.67 Å². The van der Waals surface area contributed by atoms with Gasteiger partial charge < -0.3 is 5.32 Å². The van der Waals surface area contributed by atoms with Gasteiger partial charge in [0.2, 0.25) is 0 Å². The highest BCUT2D eigenvalue weighted by Crippen LogP contribution is 2.34. The van der Waals surface area contributed by atoms with Crippen LogP contribution in [0.2, 0.25) is 10.0 Å². The monoisotopic (exact) mass is 393 g/mol. The van der Waals surface area contributed by atoms with Gasteiger partial charge >= 0.3 is 6.18 Å². The van der Waals surface area contributed by atoms with Crippen molar-refractivity contribution in [3.05, 3.63) is 69.2 Å². The second kappa shape index (κ2) is 7.22. The molecule has 0 aliphatic carbocycles. The van der Waals surface area contributed by atoms with Gasteiger partial charge in [-0.3, -0.25) is 4.79 Å². The number of rotatable bonds is 4. The van der Waals surface area contributed by atoms with Crippen LogP contribution in [0.1, 0.15) is 28.4 Å². The maximum Gasteiger partial charge on any atom is 0.417 e. The molecule has 0 fully saturated rings. The molecule has 0 heterocycles. The van der Waals surface area contributed by atoms with Crippen LogP contribution in [-0.4, -0.2) is 12.5 Å². The Morgan fingerprint density at radius 3 is 2.28 bits per heavy atom. The third kappa shape index (κ3) is 4.64. The molecule has 1 atom stereocenters. The van der Waals surface area contributed by atoms with E-state index in [1.807, 2.05) is 0 Å². The highest BCUT2D eigenvalue weighted by atomic mass is 35.5. The molecule has 2 nitrogen and oxygen atoms in total. The highest BCUT2D eigenvalue weighted by molar-refractivity contribution is 6.35. The van der Waals surface area contributed by atoms with Crippen molar-refractivity contribution in [1.29, 1.82) is 0 Å². The first-order valence-corrected chi connectivity index (χ1v) is 7.87. The predicted molar refractivity (Wildman–Crippen MR) is 88.7 cm³/mol. The van der Waals surface area contributed by atoms with Crippen LogP contribution in [0.5, 0.6) is 0 Å². The normalized spacial score (nSPS) is 14.0. The van der Waals surface area contributed by atoms with E-state index in [4.69, 9.17) is 23.2 Å². The number of alkyl halides is 4. The second-order valence-electron chi connectivity index (χ2n) is 5.55. The zero-order valence-corrected chi connectivity index (χ0v) is 14.4. The number of hydrogen-bond donors (Lipinski definition) is 1. The number of carbonyl (C=O) groups excluding carboxylic acids is 1. The van der Waals surface area contributed by atoms with Gasteiger partial charge in [0.05, 0.1) is 17.7 Å². The Morgan fingerprint density at radius 2 is 1.68 bits per heavy atom. The van der Waals surface area contributed by atoms with Crippen LogP contribution in [0.15, 0.2) is 42.5 Å². The SMILES string of the molecule is CC(F)(CNC(=O)c1ccccc1C(F)(F)F)c1ccc(Cl)cc1Cl. The van der Waals surface area contributed by atoms with Crippen molar-refractivity contribution in [2.75, 3.05) is 6.54 Å². The molecule has 0 saturated carbocycles. The van der Waals surface area contributed by atoms with Crippen LogP contribution in [-0.2, 0) is 11.8 Å². The lowest BCUT2D eigenvalue weighted by Gasteiger charge is -2.23. The number of amides is 1. The zero-order chi connectivity index (χ0) is 18.8. The van der Waals surface area contributed by atoms with E-state index in [1.54, 1.807) is 0 Å². The van der Waals surface area contributed by atoms with E-state index >= 15 is 0 Å². The standard InChI is InChI=1S/C17H13Cl2F4NO/c1-16(20,13-7-6-10(18)8-14(13)19)9-24-15(25)11-4-2-3-5-12(11)17(21,22)23/h2-8H,9H2,1H3,(H,24,25). The Labute approximate surface area is 151 Å². The Kier molecular flexibility index (Phi) is 5.64. The first kappa shape index (κ1) is 19.5. The molecule has 8 heteroatoms. The average Bonchev–Trinajstić information content (AvgIpc) is 2.51. The molecule has 1 amide bonds. The Balaban J connectivity index is 2.20. The highest BCUT2D eigenvalue weighted by Gasteiger charge is 2.35. The van der Waals surface area contributed by atoms with Crippen molar-refractivity contribution < 1.29 is 22.4 Å². The van der Waals surface area contributed by atoms with E-state index in [0.717, 1.165) is 19.1 Å². The fraction of sp³-hybridized carbons (Fsp3) is 0.235. The lowest BCUT2D eigenvalue weighted by molar-refractivity contribution is -0.137. The van der Waals surface area contributed by atoms with Crippen molar-refractivity contribution in [3.63, 3.8) is 0 Å². The van der Waals surface area contributed by atoms with Gasteiger partial charge in [-0.15, -0.1) is 0 Å². The van der Waals surface area contributed by atoms with Gasteiger partial charge in [-0.25, -0.2) is 4.39 Å². The fourth-order valence-electron chi connectivity index (χ4n) is 2.28. The molecule has 0 aromatic heterocycles. The molecule has 0 bridgehead atoms. The predicted octanol–water partition coefficient (Wildman–Crippen LogP) is 5.63. The van der Waals surface area contributed by atoms with Gasteiger partial charge in [0, 0.05) is 15.6 Å². The van der Waals surface area contributed by atoms with Gasteiger partial charge in [-0.05, 0) is 31.2 Å². The molecule has 0 aliphatic heterocycles. The second-order valence-corrected chi connectivity index (χ2v) is 6.39. The molecule has 2 aromatic carbocycles. The maximum atomic E-state index is 14.9. The summed E-state index contributed by atoms with van der Waals surface area (Å²) in [6, 6.07) is 8.43. The maximum absolute atomic E-state index is 14.9. The molecular weight excluding hydrogens is 381 g/mol. The van der Waals surface area contributed by atoms with Crippen molar-refractivity contribution >= 4 is 29.1 Å². The summed E-state index contributed by atoms with van der Waals surface area (Å²) in [7, 11) is 0. The average molecular weight is 394 g/mol. The van der Waals surface area contributed by atoms with E-state index < -0.39 is 35.4 Å². The van der Waals surface area contributed by atoms with E-state index in [0.29, 0.717) is 5.02 Å². The van der Waals surface area contributed by atoms with Crippen LogP contribution in [0, 0.1) is 0 Å². The zero-order valence-electron chi connectivity index (χ0n) is 12.9. The minimum absolute atomic E-state index is 0.0578. The molecule has 0 radical (unpaired) electrons. The Bertz CT molecular complexity index is 790. The molecule has 1 N–H and O–H groups in total. The summed E-state index contributed by atoms with van der Waals surface area (Å²) in [5.74, 6) is -1.03. The van der Waals surface area contributed by atoms with Gasteiger partial charge in [-0.2, -0.15) is 13.2 Å². The summed E-state index contributed by atoms with van der Waals surface area (Å²) in [6.45, 7) is 0.609. The number of benzene rings is 2. The molecule has 2 aromatic rings. The first-order valence-electron chi connectivity index (χ1n) is 7.11. The first-order chi connectivity index (χ1) is 11.5. The summed E-state index contributed by atoms with van der Waals surface area (Å²) < 4.78 is 53.7. The van der Waals surface area contributed by atoms with Gasteiger partial charge in [0.25, 0.3) is 5.91 Å². The summed E-state index contributed by atoms with van der Waals surface area (Å²) >= 11 is 11.7. The quantitative estimate of drug-likeness (QED) is 0.670. The van der Waals surface area contributed by atoms with Crippen molar-refractivity contribution in [3.8, 4) is 0 Å². The molecule has 0 saturated heterocycles. The van der Waals surface area contributed by atoms with Crippen LogP contribution in [0.3, 0.4) is 0 Å².